The number of aryl methyl sites for hydroxylation is 1. The maximum Gasteiger partial charge on any atom is 0.264 e. The zero-order valence-electron chi connectivity index (χ0n) is 21.9. The van der Waals surface area contributed by atoms with Crippen molar-refractivity contribution in [3.8, 4) is 0 Å². The van der Waals surface area contributed by atoms with E-state index in [1.165, 1.54) is 23.1 Å². The molecule has 0 saturated heterocycles. The van der Waals surface area contributed by atoms with E-state index in [0.717, 1.165) is 28.3 Å². The molecule has 0 unspecified atom stereocenters. The second-order valence-electron chi connectivity index (χ2n) is 9.13. The number of hydrogen-bond donors (Lipinski definition) is 1. The molecular formula is C29H34ClN3O4S. The lowest BCUT2D eigenvalue weighted by Crippen LogP contribution is -2.51. The zero-order chi connectivity index (χ0) is 27.7. The number of halogens is 1. The third-order valence-corrected chi connectivity index (χ3v) is 8.20. The molecule has 0 fully saturated rings. The van der Waals surface area contributed by atoms with E-state index in [2.05, 4.69) is 5.32 Å². The van der Waals surface area contributed by atoms with E-state index in [9.17, 15) is 18.0 Å². The minimum Gasteiger partial charge on any atom is -0.354 e. The van der Waals surface area contributed by atoms with Gasteiger partial charge in [0.2, 0.25) is 11.8 Å². The van der Waals surface area contributed by atoms with Gasteiger partial charge in [-0.1, -0.05) is 79.0 Å². The number of benzene rings is 3. The number of nitrogens with zero attached hydrogens (tertiary/aromatic N) is 2. The highest BCUT2D eigenvalue weighted by atomic mass is 35.5. The Labute approximate surface area is 230 Å². The summed E-state index contributed by atoms with van der Waals surface area (Å²) in [6, 6.07) is 21.3. The monoisotopic (exact) mass is 555 g/mol. The van der Waals surface area contributed by atoms with E-state index in [4.69, 9.17) is 11.6 Å². The summed E-state index contributed by atoms with van der Waals surface area (Å²) < 4.78 is 28.6. The predicted octanol–water partition coefficient (Wildman–Crippen LogP) is 5.18. The third-order valence-electron chi connectivity index (χ3n) is 6.18. The number of amides is 2. The van der Waals surface area contributed by atoms with Gasteiger partial charge in [-0.15, -0.1) is 0 Å². The second-order valence-corrected chi connectivity index (χ2v) is 11.4. The van der Waals surface area contributed by atoms with Crippen molar-refractivity contribution >= 4 is 39.1 Å². The van der Waals surface area contributed by atoms with Crippen molar-refractivity contribution in [3.63, 3.8) is 0 Å². The summed E-state index contributed by atoms with van der Waals surface area (Å²) in [6.45, 7) is 5.69. The Bertz CT molecular complexity index is 1330. The van der Waals surface area contributed by atoms with Gasteiger partial charge in [-0.05, 0) is 56.2 Å². The van der Waals surface area contributed by atoms with Crippen LogP contribution >= 0.6 is 11.6 Å². The SMILES string of the molecule is CCCCNC(=O)[C@H](C)N(Cc1ccccc1)C(=O)CN(c1cccc(Cl)c1)S(=O)(=O)c1ccc(C)cc1. The average molecular weight is 556 g/mol. The average Bonchev–Trinajstić information content (AvgIpc) is 2.90. The summed E-state index contributed by atoms with van der Waals surface area (Å²) in [5, 5.41) is 3.21. The molecule has 9 heteroatoms. The van der Waals surface area contributed by atoms with Gasteiger partial charge in [-0.2, -0.15) is 0 Å². The van der Waals surface area contributed by atoms with Crippen molar-refractivity contribution in [1.29, 1.82) is 0 Å². The van der Waals surface area contributed by atoms with Crippen LogP contribution in [0.5, 0.6) is 0 Å². The molecule has 3 aromatic rings. The third kappa shape index (κ3) is 7.58. The van der Waals surface area contributed by atoms with Gasteiger partial charge in [-0.3, -0.25) is 13.9 Å². The molecule has 7 nitrogen and oxygen atoms in total. The van der Waals surface area contributed by atoms with Crippen molar-refractivity contribution < 1.29 is 18.0 Å². The van der Waals surface area contributed by atoms with E-state index in [1.54, 1.807) is 37.3 Å². The second kappa shape index (κ2) is 13.4. The van der Waals surface area contributed by atoms with Crippen LogP contribution in [-0.2, 0) is 26.2 Å². The van der Waals surface area contributed by atoms with Gasteiger partial charge in [0.25, 0.3) is 10.0 Å². The van der Waals surface area contributed by atoms with Crippen LogP contribution in [0.15, 0.2) is 83.8 Å². The van der Waals surface area contributed by atoms with E-state index < -0.39 is 28.5 Å². The van der Waals surface area contributed by atoms with Gasteiger partial charge < -0.3 is 10.2 Å². The van der Waals surface area contributed by atoms with Gasteiger partial charge in [-0.25, -0.2) is 8.42 Å². The van der Waals surface area contributed by atoms with Crippen LogP contribution in [0.25, 0.3) is 0 Å². The highest BCUT2D eigenvalue weighted by Crippen LogP contribution is 2.27. The summed E-state index contributed by atoms with van der Waals surface area (Å²) in [6.07, 6.45) is 1.75. The first-order valence-corrected chi connectivity index (χ1v) is 14.4. The first-order chi connectivity index (χ1) is 18.1. The van der Waals surface area contributed by atoms with Gasteiger partial charge in [0.15, 0.2) is 0 Å². The summed E-state index contributed by atoms with van der Waals surface area (Å²) >= 11 is 6.19. The topological polar surface area (TPSA) is 86.8 Å². The van der Waals surface area contributed by atoms with Crippen LogP contribution in [0.1, 0.15) is 37.8 Å². The Morgan fingerprint density at radius 3 is 2.29 bits per heavy atom. The van der Waals surface area contributed by atoms with E-state index in [-0.39, 0.29) is 23.0 Å². The van der Waals surface area contributed by atoms with Crippen LogP contribution in [-0.4, -0.2) is 44.3 Å². The van der Waals surface area contributed by atoms with Crippen molar-refractivity contribution in [3.05, 3.63) is 95.0 Å². The van der Waals surface area contributed by atoms with E-state index in [0.29, 0.717) is 11.6 Å². The largest absolute Gasteiger partial charge is 0.354 e. The molecule has 0 spiro atoms. The number of unbranched alkanes of at least 4 members (excludes halogenated alkanes) is 1. The summed E-state index contributed by atoms with van der Waals surface area (Å²) in [4.78, 5) is 28.2. The molecule has 3 aromatic carbocycles. The highest BCUT2D eigenvalue weighted by Gasteiger charge is 2.32. The van der Waals surface area contributed by atoms with Crippen molar-refractivity contribution in [2.75, 3.05) is 17.4 Å². The number of carbonyl (C=O) groups excluding carboxylic acids is 2. The predicted molar refractivity (Wildman–Crippen MR) is 152 cm³/mol. The lowest BCUT2D eigenvalue weighted by atomic mass is 10.1. The van der Waals surface area contributed by atoms with Gasteiger partial charge >= 0.3 is 0 Å². The van der Waals surface area contributed by atoms with Gasteiger partial charge in [0, 0.05) is 18.1 Å². The molecule has 0 aliphatic heterocycles. The van der Waals surface area contributed by atoms with E-state index in [1.807, 2.05) is 44.2 Å². The molecule has 2 amide bonds. The number of sulfonamides is 1. The molecule has 38 heavy (non-hydrogen) atoms. The maximum absolute atomic E-state index is 13.8. The molecule has 0 bridgehead atoms. The Morgan fingerprint density at radius 2 is 1.66 bits per heavy atom. The van der Waals surface area contributed by atoms with Gasteiger partial charge in [0.1, 0.15) is 12.6 Å². The summed E-state index contributed by atoms with van der Waals surface area (Å²) in [7, 11) is -4.13. The molecular weight excluding hydrogens is 522 g/mol. The zero-order valence-corrected chi connectivity index (χ0v) is 23.5. The summed E-state index contributed by atoms with van der Waals surface area (Å²) in [5.74, 6) is -0.805. The first kappa shape index (κ1) is 29.2. The number of nitrogens with one attached hydrogen (secondary N) is 1. The van der Waals surface area contributed by atoms with Crippen LogP contribution < -0.4 is 9.62 Å². The highest BCUT2D eigenvalue weighted by molar-refractivity contribution is 7.92. The molecule has 1 N–H and O–H groups in total. The van der Waals surface area contributed by atoms with Crippen molar-refractivity contribution in [2.24, 2.45) is 0 Å². The summed E-state index contributed by atoms with van der Waals surface area (Å²) in [5.41, 5.74) is 1.99. The molecule has 0 aromatic heterocycles. The van der Waals surface area contributed by atoms with E-state index >= 15 is 0 Å². The molecule has 0 radical (unpaired) electrons. The fraction of sp³-hybridized carbons (Fsp3) is 0.310. The molecule has 0 aliphatic carbocycles. The normalized spacial score (nSPS) is 12.0. The number of anilines is 1. The molecule has 202 valence electrons. The molecule has 0 heterocycles. The quantitative estimate of drug-likeness (QED) is 0.312. The van der Waals surface area contributed by atoms with Crippen LogP contribution in [0, 0.1) is 6.92 Å². The Balaban J connectivity index is 1.98. The minimum absolute atomic E-state index is 0.0517. The van der Waals surface area contributed by atoms with Crippen molar-refractivity contribution in [2.45, 2.75) is 51.1 Å². The molecule has 3 rings (SSSR count). The van der Waals surface area contributed by atoms with Crippen molar-refractivity contribution in [1.82, 2.24) is 10.2 Å². The lowest BCUT2D eigenvalue weighted by molar-refractivity contribution is -0.139. The fourth-order valence-corrected chi connectivity index (χ4v) is 5.49. The smallest absolute Gasteiger partial charge is 0.264 e. The minimum atomic E-state index is -4.13. The molecule has 1 atom stereocenters. The number of carbonyl (C=O) groups is 2. The number of rotatable bonds is 12. The van der Waals surface area contributed by atoms with Crippen LogP contribution in [0.2, 0.25) is 5.02 Å². The Hall–Kier alpha value is -3.36. The lowest BCUT2D eigenvalue weighted by Gasteiger charge is -2.32. The van der Waals surface area contributed by atoms with Crippen LogP contribution in [0.4, 0.5) is 5.69 Å². The fourth-order valence-electron chi connectivity index (χ4n) is 3.90. The molecule has 0 aliphatic rings. The van der Waals surface area contributed by atoms with Crippen LogP contribution in [0.3, 0.4) is 0 Å². The molecule has 0 saturated carbocycles. The standard InChI is InChI=1S/C29H34ClN3O4S/c1-4-5-18-31-29(35)23(3)32(20-24-10-7-6-8-11-24)28(34)21-33(26-13-9-12-25(30)19-26)38(36,37)27-16-14-22(2)15-17-27/h6-17,19,23H,4-5,18,20-21H2,1-3H3,(H,31,35)/t23-/m0/s1. The first-order valence-electron chi connectivity index (χ1n) is 12.6. The Morgan fingerprint density at radius 1 is 0.974 bits per heavy atom. The number of hydrogen-bond acceptors (Lipinski definition) is 4. The Kier molecular flexibility index (Phi) is 10.3. The van der Waals surface area contributed by atoms with Gasteiger partial charge in [0.05, 0.1) is 10.6 Å². The maximum atomic E-state index is 13.8.